The number of aliphatic carboxylic acids is 1. The van der Waals surface area contributed by atoms with Crippen molar-refractivity contribution in [3.8, 4) is 5.75 Å². The molecule has 0 aliphatic heterocycles. The van der Waals surface area contributed by atoms with Crippen LogP contribution in [0.3, 0.4) is 0 Å². The molecule has 1 aliphatic carbocycles. The van der Waals surface area contributed by atoms with Gasteiger partial charge in [-0.25, -0.2) is 8.78 Å². The van der Waals surface area contributed by atoms with Crippen LogP contribution in [0.4, 0.5) is 17.6 Å². The van der Waals surface area contributed by atoms with Gasteiger partial charge in [0.1, 0.15) is 5.75 Å². The Labute approximate surface area is 118 Å². The van der Waals surface area contributed by atoms with Gasteiger partial charge in [0.25, 0.3) is 0 Å². The summed E-state index contributed by atoms with van der Waals surface area (Å²) < 4.78 is 54.8. The summed E-state index contributed by atoms with van der Waals surface area (Å²) in [6.07, 6.45) is -1.39. The largest absolute Gasteiger partial charge is 0.481 e. The molecule has 1 fully saturated rings. The maximum atomic E-state index is 13.2. The fraction of sp³-hybridized carbons (Fsp3) is 0.500. The minimum atomic E-state index is -2.97. The highest BCUT2D eigenvalue weighted by Crippen LogP contribution is 2.45. The lowest BCUT2D eigenvalue weighted by Crippen LogP contribution is -2.42. The van der Waals surface area contributed by atoms with Gasteiger partial charge < -0.3 is 9.84 Å². The summed E-state index contributed by atoms with van der Waals surface area (Å²) >= 11 is 0. The van der Waals surface area contributed by atoms with E-state index in [0.717, 1.165) is 0 Å². The quantitative estimate of drug-likeness (QED) is 0.860. The van der Waals surface area contributed by atoms with Gasteiger partial charge in [0.05, 0.1) is 5.41 Å². The number of alkyl halides is 4. The summed E-state index contributed by atoms with van der Waals surface area (Å²) in [4.78, 5) is 11.6. The topological polar surface area (TPSA) is 46.5 Å². The number of benzene rings is 1. The van der Waals surface area contributed by atoms with Crippen LogP contribution in [0.25, 0.3) is 0 Å². The second-order valence-electron chi connectivity index (χ2n) is 5.15. The lowest BCUT2D eigenvalue weighted by atomic mass is 9.68. The number of hydrogen-bond acceptors (Lipinski definition) is 2. The highest BCUT2D eigenvalue weighted by Gasteiger charge is 2.49. The highest BCUT2D eigenvalue weighted by atomic mass is 19.3. The fourth-order valence-corrected chi connectivity index (χ4v) is 2.62. The summed E-state index contributed by atoms with van der Waals surface area (Å²) in [6, 6.07) is 5.13. The van der Waals surface area contributed by atoms with Gasteiger partial charge in [-0.2, -0.15) is 8.78 Å². The van der Waals surface area contributed by atoms with Gasteiger partial charge in [-0.15, -0.1) is 0 Å². The Morgan fingerprint density at radius 1 is 1.10 bits per heavy atom. The van der Waals surface area contributed by atoms with Crippen LogP contribution in [0.15, 0.2) is 24.3 Å². The number of halogens is 4. The molecule has 0 saturated heterocycles. The van der Waals surface area contributed by atoms with Crippen LogP contribution >= 0.6 is 0 Å². The Balaban J connectivity index is 2.25. The molecular weight excluding hydrogens is 292 g/mol. The molecule has 0 unspecified atom stereocenters. The van der Waals surface area contributed by atoms with E-state index in [4.69, 9.17) is 0 Å². The second kappa shape index (κ2) is 5.54. The van der Waals surface area contributed by atoms with Gasteiger partial charge in [-0.3, -0.25) is 4.79 Å². The Bertz CT molecular complexity index is 503. The summed E-state index contributed by atoms with van der Waals surface area (Å²) in [5.74, 6) is -4.13. The predicted octanol–water partition coefficient (Wildman–Crippen LogP) is 3.82. The fourth-order valence-electron chi connectivity index (χ4n) is 2.62. The predicted molar refractivity (Wildman–Crippen MR) is 65.8 cm³/mol. The molecule has 1 saturated carbocycles. The summed E-state index contributed by atoms with van der Waals surface area (Å²) in [5.41, 5.74) is -1.07. The molecular formula is C14H14F4O3. The standard InChI is InChI=1S/C14H14F4O3/c15-12(16)21-10-3-1-9(2-4-10)13(11(19)20)5-7-14(17,18)8-6-13/h1-4,12H,5-8H2,(H,19,20). The normalized spacial score (nSPS) is 20.2. The smallest absolute Gasteiger partial charge is 0.387 e. The average Bonchev–Trinajstić information content (AvgIpc) is 2.39. The molecule has 7 heteroatoms. The van der Waals surface area contributed by atoms with Gasteiger partial charge in [-0.05, 0) is 30.5 Å². The van der Waals surface area contributed by atoms with Crippen molar-refractivity contribution in [3.05, 3.63) is 29.8 Å². The van der Waals surface area contributed by atoms with Crippen LogP contribution in [0.5, 0.6) is 5.75 Å². The monoisotopic (exact) mass is 306 g/mol. The average molecular weight is 306 g/mol. The molecule has 2 rings (SSSR count). The van der Waals surface area contributed by atoms with Crippen molar-refractivity contribution in [1.29, 1.82) is 0 Å². The summed E-state index contributed by atoms with van der Waals surface area (Å²) in [7, 11) is 0. The molecule has 0 bridgehead atoms. The van der Waals surface area contributed by atoms with Gasteiger partial charge in [0, 0.05) is 12.8 Å². The first-order chi connectivity index (χ1) is 9.75. The van der Waals surface area contributed by atoms with Crippen molar-refractivity contribution in [3.63, 3.8) is 0 Å². The molecule has 1 N–H and O–H groups in total. The molecule has 0 atom stereocenters. The van der Waals surface area contributed by atoms with E-state index in [9.17, 15) is 27.5 Å². The van der Waals surface area contributed by atoms with Crippen molar-refractivity contribution >= 4 is 5.97 Å². The molecule has 116 valence electrons. The van der Waals surface area contributed by atoms with Crippen LogP contribution in [0.1, 0.15) is 31.2 Å². The molecule has 1 aliphatic rings. The van der Waals surface area contributed by atoms with Gasteiger partial charge >= 0.3 is 12.6 Å². The third-order valence-corrected chi connectivity index (χ3v) is 3.88. The van der Waals surface area contributed by atoms with Crippen LogP contribution in [-0.4, -0.2) is 23.6 Å². The van der Waals surface area contributed by atoms with Crippen LogP contribution in [0.2, 0.25) is 0 Å². The van der Waals surface area contributed by atoms with E-state index < -0.39 is 36.8 Å². The van der Waals surface area contributed by atoms with Crippen molar-refractivity contribution in [2.75, 3.05) is 0 Å². The lowest BCUT2D eigenvalue weighted by Gasteiger charge is -2.37. The SMILES string of the molecule is O=C(O)C1(c2ccc(OC(F)F)cc2)CCC(F)(F)CC1. The molecule has 0 spiro atoms. The van der Waals surface area contributed by atoms with Crippen molar-refractivity contribution < 1.29 is 32.2 Å². The van der Waals surface area contributed by atoms with E-state index in [1.54, 1.807) is 0 Å². The molecule has 3 nitrogen and oxygen atoms in total. The van der Waals surface area contributed by atoms with E-state index in [-0.39, 0.29) is 18.6 Å². The zero-order valence-corrected chi connectivity index (χ0v) is 11.0. The minimum Gasteiger partial charge on any atom is -0.481 e. The Morgan fingerprint density at radius 2 is 1.62 bits per heavy atom. The molecule has 0 amide bonds. The Kier molecular flexibility index (Phi) is 4.11. The lowest BCUT2D eigenvalue weighted by molar-refractivity contribution is -0.149. The van der Waals surface area contributed by atoms with E-state index in [1.807, 2.05) is 0 Å². The van der Waals surface area contributed by atoms with E-state index >= 15 is 0 Å². The molecule has 1 aromatic rings. The molecule has 1 aromatic carbocycles. The molecule has 0 aromatic heterocycles. The first-order valence-corrected chi connectivity index (χ1v) is 6.42. The van der Waals surface area contributed by atoms with Crippen LogP contribution in [-0.2, 0) is 10.2 Å². The van der Waals surface area contributed by atoms with Crippen molar-refractivity contribution in [2.45, 2.75) is 43.6 Å². The first kappa shape index (κ1) is 15.6. The highest BCUT2D eigenvalue weighted by molar-refractivity contribution is 5.81. The number of rotatable bonds is 4. The first-order valence-electron chi connectivity index (χ1n) is 6.42. The van der Waals surface area contributed by atoms with Crippen LogP contribution < -0.4 is 4.74 Å². The molecule has 0 heterocycles. The van der Waals surface area contributed by atoms with Crippen molar-refractivity contribution in [2.24, 2.45) is 0 Å². The Morgan fingerprint density at radius 3 is 2.05 bits per heavy atom. The van der Waals surface area contributed by atoms with Crippen molar-refractivity contribution in [1.82, 2.24) is 0 Å². The van der Waals surface area contributed by atoms with Gasteiger partial charge in [0.15, 0.2) is 0 Å². The molecule has 0 radical (unpaired) electrons. The minimum absolute atomic E-state index is 0.101. The van der Waals surface area contributed by atoms with E-state index in [0.29, 0.717) is 5.56 Å². The molecule has 21 heavy (non-hydrogen) atoms. The summed E-state index contributed by atoms with van der Waals surface area (Å²) in [5, 5.41) is 9.43. The van der Waals surface area contributed by atoms with Gasteiger partial charge in [0.2, 0.25) is 5.92 Å². The third kappa shape index (κ3) is 3.28. The number of carboxylic acid groups (broad SMARTS) is 1. The zero-order valence-electron chi connectivity index (χ0n) is 11.0. The zero-order chi connectivity index (χ0) is 15.7. The third-order valence-electron chi connectivity index (χ3n) is 3.88. The van der Waals surface area contributed by atoms with Crippen LogP contribution in [0, 0.1) is 0 Å². The number of hydrogen-bond donors (Lipinski definition) is 1. The number of carbonyl (C=O) groups is 1. The number of ether oxygens (including phenoxy) is 1. The second-order valence-corrected chi connectivity index (χ2v) is 5.15. The summed E-state index contributed by atoms with van der Waals surface area (Å²) in [6.45, 7) is -2.97. The van der Waals surface area contributed by atoms with E-state index in [1.165, 1.54) is 24.3 Å². The maximum Gasteiger partial charge on any atom is 0.387 e. The Hall–Kier alpha value is -1.79. The van der Waals surface area contributed by atoms with Gasteiger partial charge in [-0.1, -0.05) is 12.1 Å². The van der Waals surface area contributed by atoms with E-state index in [2.05, 4.69) is 4.74 Å². The maximum absolute atomic E-state index is 13.2. The number of carboxylic acids is 1.